The molecular weight excluding hydrogens is 310 g/mol. The van der Waals surface area contributed by atoms with Gasteiger partial charge in [-0.05, 0) is 49.9 Å². The van der Waals surface area contributed by atoms with Crippen LogP contribution in [0, 0.1) is 0 Å². The summed E-state index contributed by atoms with van der Waals surface area (Å²) in [6.45, 7) is 4.61. The van der Waals surface area contributed by atoms with Crippen LogP contribution in [-0.4, -0.2) is 31.3 Å². The van der Waals surface area contributed by atoms with E-state index in [0.717, 1.165) is 17.9 Å². The molecule has 2 rings (SSSR count). The average molecular weight is 342 g/mol. The Morgan fingerprint density at radius 3 is 2.39 bits per heavy atom. The Balaban J connectivity index is 0.00000264. The number of hydrogen-bond acceptors (Lipinski definition) is 3. The molecule has 132 valence electrons. The molecule has 4 heteroatoms. The van der Waals surface area contributed by atoms with Crippen LogP contribution in [0.5, 0.6) is 11.5 Å². The third-order valence-corrected chi connectivity index (χ3v) is 4.43. The molecule has 0 saturated carbocycles. The summed E-state index contributed by atoms with van der Waals surface area (Å²) in [6, 6.07) is 7.94. The molecule has 0 radical (unpaired) electrons. The molecule has 1 aliphatic heterocycles. The molecule has 0 N–H and O–H groups in total. The number of rotatable bonds is 9. The number of piperidine rings is 1. The Labute approximate surface area is 147 Å². The highest BCUT2D eigenvalue weighted by Crippen LogP contribution is 2.24. The van der Waals surface area contributed by atoms with Crippen molar-refractivity contribution in [2.45, 2.75) is 64.5 Å². The summed E-state index contributed by atoms with van der Waals surface area (Å²) in [5.74, 6) is 1.83. The van der Waals surface area contributed by atoms with Crippen LogP contribution in [0.1, 0.15) is 58.3 Å². The van der Waals surface area contributed by atoms with Gasteiger partial charge in [-0.3, -0.25) is 4.90 Å². The van der Waals surface area contributed by atoms with Crippen molar-refractivity contribution in [3.05, 3.63) is 24.3 Å². The predicted molar refractivity (Wildman–Crippen MR) is 98.8 cm³/mol. The second-order valence-corrected chi connectivity index (χ2v) is 6.19. The highest BCUT2D eigenvalue weighted by atomic mass is 35.5. The molecule has 1 heterocycles. The fraction of sp³-hybridized carbons (Fsp3) is 0.684. The number of hydrogen-bond donors (Lipinski definition) is 0. The topological polar surface area (TPSA) is 21.7 Å². The van der Waals surface area contributed by atoms with E-state index < -0.39 is 0 Å². The van der Waals surface area contributed by atoms with Gasteiger partial charge in [-0.1, -0.05) is 32.6 Å². The Morgan fingerprint density at radius 1 is 1.00 bits per heavy atom. The van der Waals surface area contributed by atoms with Crippen LogP contribution in [0.25, 0.3) is 0 Å². The molecule has 0 aliphatic carbocycles. The zero-order valence-corrected chi connectivity index (χ0v) is 15.4. The molecule has 1 fully saturated rings. The van der Waals surface area contributed by atoms with Crippen molar-refractivity contribution in [2.24, 2.45) is 0 Å². The zero-order chi connectivity index (χ0) is 15.6. The van der Waals surface area contributed by atoms with Crippen LogP contribution < -0.4 is 9.47 Å². The number of ether oxygens (including phenoxy) is 2. The monoisotopic (exact) mass is 341 g/mol. The molecule has 0 spiro atoms. The minimum absolute atomic E-state index is 0. The SMILES string of the molecule is CCCCCCCN1CCCCC1Oc1ccc(OC)cc1.Cl. The van der Waals surface area contributed by atoms with Crippen molar-refractivity contribution >= 4 is 12.4 Å². The summed E-state index contributed by atoms with van der Waals surface area (Å²) in [4.78, 5) is 2.53. The van der Waals surface area contributed by atoms with Gasteiger partial charge in [-0.2, -0.15) is 0 Å². The van der Waals surface area contributed by atoms with E-state index in [-0.39, 0.29) is 18.6 Å². The summed E-state index contributed by atoms with van der Waals surface area (Å²) >= 11 is 0. The minimum atomic E-state index is 0. The number of benzene rings is 1. The van der Waals surface area contributed by atoms with Crippen molar-refractivity contribution in [3.63, 3.8) is 0 Å². The number of nitrogens with zero attached hydrogens (tertiary/aromatic N) is 1. The van der Waals surface area contributed by atoms with Gasteiger partial charge in [0, 0.05) is 13.1 Å². The lowest BCUT2D eigenvalue weighted by Gasteiger charge is -2.35. The first-order valence-electron chi connectivity index (χ1n) is 8.88. The second-order valence-electron chi connectivity index (χ2n) is 6.19. The molecule has 0 bridgehead atoms. The molecule has 0 aromatic heterocycles. The largest absolute Gasteiger partial charge is 0.497 e. The van der Waals surface area contributed by atoms with Crippen molar-refractivity contribution in [1.82, 2.24) is 4.90 Å². The predicted octanol–water partition coefficient (Wildman–Crippen LogP) is 5.28. The maximum Gasteiger partial charge on any atom is 0.152 e. The lowest BCUT2D eigenvalue weighted by Crippen LogP contribution is -2.43. The number of likely N-dealkylation sites (tertiary alicyclic amines) is 1. The van der Waals surface area contributed by atoms with Gasteiger partial charge >= 0.3 is 0 Å². The van der Waals surface area contributed by atoms with E-state index in [1.165, 1.54) is 58.0 Å². The van der Waals surface area contributed by atoms with Crippen LogP contribution in [0.3, 0.4) is 0 Å². The van der Waals surface area contributed by atoms with Gasteiger partial charge < -0.3 is 9.47 Å². The Bertz CT molecular complexity index is 410. The summed E-state index contributed by atoms with van der Waals surface area (Å²) in [6.07, 6.45) is 10.6. The normalized spacial score (nSPS) is 18.3. The van der Waals surface area contributed by atoms with E-state index in [9.17, 15) is 0 Å². The van der Waals surface area contributed by atoms with E-state index in [1.807, 2.05) is 24.3 Å². The summed E-state index contributed by atoms with van der Waals surface area (Å²) in [5.41, 5.74) is 0. The van der Waals surface area contributed by atoms with Crippen LogP contribution in [0.4, 0.5) is 0 Å². The first-order valence-corrected chi connectivity index (χ1v) is 8.88. The van der Waals surface area contributed by atoms with Gasteiger partial charge in [-0.25, -0.2) is 0 Å². The number of methoxy groups -OCH3 is 1. The smallest absolute Gasteiger partial charge is 0.152 e. The van der Waals surface area contributed by atoms with Crippen LogP contribution in [0.2, 0.25) is 0 Å². The van der Waals surface area contributed by atoms with Gasteiger partial charge in [0.05, 0.1) is 7.11 Å². The molecular formula is C19H32ClNO2. The van der Waals surface area contributed by atoms with Gasteiger partial charge in [0.1, 0.15) is 11.5 Å². The van der Waals surface area contributed by atoms with Crippen molar-refractivity contribution in [2.75, 3.05) is 20.2 Å². The molecule has 1 saturated heterocycles. The molecule has 23 heavy (non-hydrogen) atoms. The van der Waals surface area contributed by atoms with E-state index in [0.29, 0.717) is 0 Å². The van der Waals surface area contributed by atoms with E-state index >= 15 is 0 Å². The highest BCUT2D eigenvalue weighted by Gasteiger charge is 2.23. The van der Waals surface area contributed by atoms with E-state index in [1.54, 1.807) is 7.11 Å². The Morgan fingerprint density at radius 2 is 1.70 bits per heavy atom. The standard InChI is InChI=1S/C19H31NO2.ClH/c1-3-4-5-6-8-15-20-16-9-7-10-19(20)22-18-13-11-17(21-2)12-14-18;/h11-14,19H,3-10,15-16H2,1-2H3;1H. The summed E-state index contributed by atoms with van der Waals surface area (Å²) in [7, 11) is 1.69. The van der Waals surface area contributed by atoms with Crippen LogP contribution in [0.15, 0.2) is 24.3 Å². The zero-order valence-electron chi connectivity index (χ0n) is 14.6. The Hall–Kier alpha value is -0.930. The van der Waals surface area contributed by atoms with E-state index in [4.69, 9.17) is 9.47 Å². The van der Waals surface area contributed by atoms with Crippen molar-refractivity contribution < 1.29 is 9.47 Å². The summed E-state index contributed by atoms with van der Waals surface area (Å²) in [5, 5.41) is 0. The van der Waals surface area contributed by atoms with Gasteiger partial charge in [0.15, 0.2) is 6.23 Å². The van der Waals surface area contributed by atoms with Crippen LogP contribution in [-0.2, 0) is 0 Å². The molecule has 1 aromatic carbocycles. The number of halogens is 1. The lowest BCUT2D eigenvalue weighted by molar-refractivity contribution is -0.00476. The quantitative estimate of drug-likeness (QED) is 0.570. The van der Waals surface area contributed by atoms with Gasteiger partial charge in [0.2, 0.25) is 0 Å². The molecule has 1 aromatic rings. The Kier molecular flexibility index (Phi) is 10.1. The third-order valence-electron chi connectivity index (χ3n) is 4.43. The summed E-state index contributed by atoms with van der Waals surface area (Å²) < 4.78 is 11.4. The maximum absolute atomic E-state index is 6.22. The molecule has 1 aliphatic rings. The second kappa shape index (κ2) is 11.6. The van der Waals surface area contributed by atoms with Crippen molar-refractivity contribution in [3.8, 4) is 11.5 Å². The lowest BCUT2D eigenvalue weighted by atomic mass is 10.1. The fourth-order valence-corrected chi connectivity index (χ4v) is 3.08. The molecule has 3 nitrogen and oxygen atoms in total. The number of unbranched alkanes of at least 4 members (excludes halogenated alkanes) is 4. The minimum Gasteiger partial charge on any atom is -0.497 e. The molecule has 1 atom stereocenters. The third kappa shape index (κ3) is 7.01. The maximum atomic E-state index is 6.22. The fourth-order valence-electron chi connectivity index (χ4n) is 3.08. The van der Waals surface area contributed by atoms with Gasteiger partial charge in [-0.15, -0.1) is 12.4 Å². The van der Waals surface area contributed by atoms with Crippen LogP contribution >= 0.6 is 12.4 Å². The first-order chi connectivity index (χ1) is 10.8. The first kappa shape index (κ1) is 20.1. The average Bonchev–Trinajstić information content (AvgIpc) is 2.57. The van der Waals surface area contributed by atoms with Gasteiger partial charge in [0.25, 0.3) is 0 Å². The molecule has 1 unspecified atom stereocenters. The highest BCUT2D eigenvalue weighted by molar-refractivity contribution is 5.85. The van der Waals surface area contributed by atoms with Crippen molar-refractivity contribution in [1.29, 1.82) is 0 Å². The molecule has 0 amide bonds. The van der Waals surface area contributed by atoms with E-state index in [2.05, 4.69) is 11.8 Å².